The molecule has 30 heavy (non-hydrogen) atoms. The van der Waals surface area contributed by atoms with Gasteiger partial charge in [0.05, 0.1) is 22.7 Å². The van der Waals surface area contributed by atoms with E-state index in [-0.39, 0.29) is 29.5 Å². The van der Waals surface area contributed by atoms with Crippen LogP contribution in [0.3, 0.4) is 0 Å². The van der Waals surface area contributed by atoms with Crippen LogP contribution in [-0.4, -0.2) is 29.4 Å². The van der Waals surface area contributed by atoms with Crippen molar-refractivity contribution >= 4 is 23.3 Å². The van der Waals surface area contributed by atoms with Crippen molar-refractivity contribution in [3.8, 4) is 0 Å². The molecule has 0 bridgehead atoms. The van der Waals surface area contributed by atoms with Gasteiger partial charge in [-0.25, -0.2) is 4.79 Å². The minimum absolute atomic E-state index is 0.103. The number of hydrogen-bond acceptors (Lipinski definition) is 6. The predicted octanol–water partition coefficient (Wildman–Crippen LogP) is 4.06. The predicted molar refractivity (Wildman–Crippen MR) is 113 cm³/mol. The lowest BCUT2D eigenvalue weighted by Crippen LogP contribution is -2.26. The third-order valence-electron chi connectivity index (χ3n) is 5.11. The number of carbonyl (C=O) groups excluding carboxylic acids is 2. The second-order valence-electron chi connectivity index (χ2n) is 7.18. The number of anilines is 1. The van der Waals surface area contributed by atoms with Crippen LogP contribution in [0.1, 0.15) is 58.9 Å². The number of para-hydroxylation sites is 1. The number of ether oxygens (including phenoxy) is 1. The highest BCUT2D eigenvalue weighted by Gasteiger charge is 2.25. The molecular weight excluding hydrogens is 386 g/mol. The van der Waals surface area contributed by atoms with Crippen molar-refractivity contribution in [1.82, 2.24) is 5.32 Å². The van der Waals surface area contributed by atoms with E-state index in [1.807, 2.05) is 0 Å². The second kappa shape index (κ2) is 9.87. The number of nitrogens with zero attached hydrogens (tertiary/aromatic N) is 1. The van der Waals surface area contributed by atoms with E-state index < -0.39 is 16.8 Å². The maximum atomic E-state index is 12.8. The first kappa shape index (κ1) is 21.3. The molecule has 158 valence electrons. The molecule has 1 saturated carbocycles. The number of rotatable bonds is 8. The number of benzene rings is 2. The molecule has 2 N–H and O–H groups in total. The first-order valence-electron chi connectivity index (χ1n) is 10.1. The summed E-state index contributed by atoms with van der Waals surface area (Å²) in [4.78, 5) is 35.5. The van der Waals surface area contributed by atoms with Gasteiger partial charge < -0.3 is 15.4 Å². The highest BCUT2D eigenvalue weighted by molar-refractivity contribution is 6.01. The minimum atomic E-state index is -0.470. The zero-order valence-corrected chi connectivity index (χ0v) is 16.8. The molecule has 2 aromatic carbocycles. The number of hydrogen-bond donors (Lipinski definition) is 2. The van der Waals surface area contributed by atoms with Gasteiger partial charge in [-0.1, -0.05) is 31.0 Å². The van der Waals surface area contributed by atoms with Gasteiger partial charge in [-0.2, -0.15) is 0 Å². The standard InChI is InChI=1S/C22H25N3O5/c1-2-30-22(27)16-12-10-15(11-13-16)14-23-21(26)18-8-5-9-19(25(28)29)20(18)24-17-6-3-4-7-17/h5,8-13,17,24H,2-4,6-7,14H2,1H3,(H,23,26). The molecule has 0 unspecified atom stereocenters. The molecule has 0 radical (unpaired) electrons. The summed E-state index contributed by atoms with van der Waals surface area (Å²) in [6.45, 7) is 2.27. The minimum Gasteiger partial charge on any atom is -0.462 e. The fourth-order valence-electron chi connectivity index (χ4n) is 3.56. The van der Waals surface area contributed by atoms with E-state index >= 15 is 0 Å². The molecule has 2 aromatic rings. The van der Waals surface area contributed by atoms with E-state index in [1.165, 1.54) is 12.1 Å². The summed E-state index contributed by atoms with van der Waals surface area (Å²) in [7, 11) is 0. The summed E-state index contributed by atoms with van der Waals surface area (Å²) in [5.74, 6) is -0.791. The number of nitro benzene ring substituents is 1. The fourth-order valence-corrected chi connectivity index (χ4v) is 3.56. The Labute approximate surface area is 174 Å². The first-order chi connectivity index (χ1) is 14.5. The topological polar surface area (TPSA) is 111 Å². The SMILES string of the molecule is CCOC(=O)c1ccc(CNC(=O)c2cccc([N+](=O)[O-])c2NC2CCCC2)cc1. The van der Waals surface area contributed by atoms with Crippen molar-refractivity contribution in [3.05, 3.63) is 69.3 Å². The molecule has 0 heterocycles. The average Bonchev–Trinajstić information content (AvgIpc) is 3.25. The van der Waals surface area contributed by atoms with Crippen LogP contribution in [-0.2, 0) is 11.3 Å². The molecule has 0 aliphatic heterocycles. The van der Waals surface area contributed by atoms with Crippen LogP contribution in [0.2, 0.25) is 0 Å². The highest BCUT2D eigenvalue weighted by atomic mass is 16.6. The summed E-state index contributed by atoms with van der Waals surface area (Å²) in [6.07, 6.45) is 4.00. The van der Waals surface area contributed by atoms with Gasteiger partial charge in [0, 0.05) is 18.7 Å². The van der Waals surface area contributed by atoms with E-state index in [1.54, 1.807) is 37.3 Å². The molecule has 1 fully saturated rings. The van der Waals surface area contributed by atoms with Gasteiger partial charge in [-0.15, -0.1) is 0 Å². The molecule has 3 rings (SSSR count). The molecule has 0 atom stereocenters. The van der Waals surface area contributed by atoms with Crippen LogP contribution in [0.4, 0.5) is 11.4 Å². The summed E-state index contributed by atoms with van der Waals surface area (Å²) in [5, 5.41) is 17.5. The number of amides is 1. The molecular formula is C22H25N3O5. The normalized spacial score (nSPS) is 13.6. The zero-order valence-electron chi connectivity index (χ0n) is 16.8. The van der Waals surface area contributed by atoms with Crippen LogP contribution in [0.5, 0.6) is 0 Å². The zero-order chi connectivity index (χ0) is 21.5. The van der Waals surface area contributed by atoms with Crippen molar-refractivity contribution < 1.29 is 19.2 Å². The Morgan fingerprint density at radius 2 is 1.83 bits per heavy atom. The number of esters is 1. The van der Waals surface area contributed by atoms with Gasteiger partial charge in [-0.05, 0) is 43.5 Å². The first-order valence-corrected chi connectivity index (χ1v) is 10.1. The van der Waals surface area contributed by atoms with Gasteiger partial charge in [0.2, 0.25) is 0 Å². The summed E-state index contributed by atoms with van der Waals surface area (Å²) in [6, 6.07) is 11.4. The largest absolute Gasteiger partial charge is 0.462 e. The maximum Gasteiger partial charge on any atom is 0.338 e. The average molecular weight is 411 g/mol. The summed E-state index contributed by atoms with van der Waals surface area (Å²) in [5.41, 5.74) is 1.65. The van der Waals surface area contributed by atoms with Crippen molar-refractivity contribution in [2.45, 2.75) is 45.2 Å². The smallest absolute Gasteiger partial charge is 0.338 e. The van der Waals surface area contributed by atoms with Crippen LogP contribution >= 0.6 is 0 Å². The molecule has 1 amide bonds. The van der Waals surface area contributed by atoms with Gasteiger partial charge in [-0.3, -0.25) is 14.9 Å². The Morgan fingerprint density at radius 1 is 1.13 bits per heavy atom. The van der Waals surface area contributed by atoms with E-state index in [9.17, 15) is 19.7 Å². The molecule has 0 saturated heterocycles. The molecule has 0 aromatic heterocycles. The monoisotopic (exact) mass is 411 g/mol. The second-order valence-corrected chi connectivity index (χ2v) is 7.18. The van der Waals surface area contributed by atoms with Crippen molar-refractivity contribution in [2.75, 3.05) is 11.9 Å². The number of nitrogens with one attached hydrogen (secondary N) is 2. The van der Waals surface area contributed by atoms with E-state index in [0.29, 0.717) is 12.2 Å². The van der Waals surface area contributed by atoms with Crippen molar-refractivity contribution in [1.29, 1.82) is 0 Å². The Kier molecular flexibility index (Phi) is 7.00. The third-order valence-corrected chi connectivity index (χ3v) is 5.11. The van der Waals surface area contributed by atoms with Gasteiger partial charge in [0.15, 0.2) is 0 Å². The van der Waals surface area contributed by atoms with Gasteiger partial charge in [0.1, 0.15) is 5.69 Å². The maximum absolute atomic E-state index is 12.8. The molecule has 1 aliphatic carbocycles. The fraction of sp³-hybridized carbons (Fsp3) is 0.364. The lowest BCUT2D eigenvalue weighted by Gasteiger charge is -2.17. The quantitative estimate of drug-likeness (QED) is 0.385. The van der Waals surface area contributed by atoms with Gasteiger partial charge >= 0.3 is 5.97 Å². The Balaban J connectivity index is 1.72. The Bertz CT molecular complexity index is 921. The third kappa shape index (κ3) is 5.14. The Hall–Kier alpha value is -3.42. The van der Waals surface area contributed by atoms with Crippen LogP contribution < -0.4 is 10.6 Å². The van der Waals surface area contributed by atoms with Crippen molar-refractivity contribution in [3.63, 3.8) is 0 Å². The highest BCUT2D eigenvalue weighted by Crippen LogP contribution is 2.32. The lowest BCUT2D eigenvalue weighted by atomic mass is 10.1. The molecule has 8 nitrogen and oxygen atoms in total. The molecule has 1 aliphatic rings. The summed E-state index contributed by atoms with van der Waals surface area (Å²) >= 11 is 0. The van der Waals surface area contributed by atoms with Gasteiger partial charge in [0.25, 0.3) is 11.6 Å². The van der Waals surface area contributed by atoms with Crippen molar-refractivity contribution in [2.24, 2.45) is 0 Å². The molecule has 0 spiro atoms. The van der Waals surface area contributed by atoms with Crippen LogP contribution in [0, 0.1) is 10.1 Å². The van der Waals surface area contributed by atoms with Crippen LogP contribution in [0.15, 0.2) is 42.5 Å². The number of nitro groups is 1. The van der Waals surface area contributed by atoms with Crippen LogP contribution in [0.25, 0.3) is 0 Å². The van der Waals surface area contributed by atoms with E-state index in [2.05, 4.69) is 10.6 Å². The van der Waals surface area contributed by atoms with E-state index in [0.717, 1.165) is 31.2 Å². The van der Waals surface area contributed by atoms with E-state index in [4.69, 9.17) is 4.74 Å². The summed E-state index contributed by atoms with van der Waals surface area (Å²) < 4.78 is 4.95. The number of carbonyl (C=O) groups is 2. The molecule has 8 heteroatoms. The Morgan fingerprint density at radius 3 is 2.47 bits per heavy atom. The lowest BCUT2D eigenvalue weighted by molar-refractivity contribution is -0.384.